The van der Waals surface area contributed by atoms with E-state index in [9.17, 15) is 9.59 Å². The Morgan fingerprint density at radius 1 is 1.00 bits per heavy atom. The van der Waals surface area contributed by atoms with Gasteiger partial charge in [0.05, 0.1) is 0 Å². The summed E-state index contributed by atoms with van der Waals surface area (Å²) in [7, 11) is 3.14. The largest absolute Gasteiger partial charge is 0.318 e. The summed E-state index contributed by atoms with van der Waals surface area (Å²) in [5, 5.41) is 0.847. The summed E-state index contributed by atoms with van der Waals surface area (Å²) in [4.78, 5) is 27.7. The number of amides is 2. The van der Waals surface area contributed by atoms with Crippen molar-refractivity contribution in [1.29, 1.82) is 0 Å². The van der Waals surface area contributed by atoms with Crippen molar-refractivity contribution in [2.45, 2.75) is 20.8 Å². The Kier molecular flexibility index (Phi) is 4.97. The highest BCUT2D eigenvalue weighted by atomic mass is 35.5. The minimum atomic E-state index is -0.396. The van der Waals surface area contributed by atoms with Crippen LogP contribution in [0.25, 0.3) is 11.8 Å². The van der Waals surface area contributed by atoms with Gasteiger partial charge in [0.1, 0.15) is 5.57 Å². The zero-order valence-corrected chi connectivity index (χ0v) is 17.4. The predicted octanol–water partition coefficient (Wildman–Crippen LogP) is 3.65. The van der Waals surface area contributed by atoms with Crippen molar-refractivity contribution in [1.82, 2.24) is 14.4 Å². The van der Waals surface area contributed by atoms with Crippen molar-refractivity contribution in [3.63, 3.8) is 0 Å². The van der Waals surface area contributed by atoms with Crippen molar-refractivity contribution in [2.24, 2.45) is 0 Å². The van der Waals surface area contributed by atoms with Crippen LogP contribution in [0.1, 0.15) is 22.5 Å². The predicted molar refractivity (Wildman–Crippen MR) is 111 cm³/mol. The first kappa shape index (κ1) is 19.3. The highest BCUT2D eigenvalue weighted by molar-refractivity contribution is 7.80. The normalized spacial score (nSPS) is 15.0. The van der Waals surface area contributed by atoms with Gasteiger partial charge in [0.2, 0.25) is 0 Å². The van der Waals surface area contributed by atoms with E-state index in [1.807, 2.05) is 45.0 Å². The minimum Gasteiger partial charge on any atom is -0.318 e. The fourth-order valence-electron chi connectivity index (χ4n) is 3.26. The molecular weight excluding hydrogens is 382 g/mol. The van der Waals surface area contributed by atoms with Crippen LogP contribution in [0, 0.1) is 20.8 Å². The minimum absolute atomic E-state index is 0.0941. The molecule has 0 spiro atoms. The van der Waals surface area contributed by atoms with Gasteiger partial charge in [0.15, 0.2) is 5.11 Å². The molecule has 0 N–H and O–H groups in total. The third-order valence-electron chi connectivity index (χ3n) is 4.83. The molecule has 0 atom stereocenters. The van der Waals surface area contributed by atoms with Crippen LogP contribution in [0.4, 0.5) is 0 Å². The molecule has 1 saturated heterocycles. The molecule has 1 aromatic carbocycles. The molecule has 5 nitrogen and oxygen atoms in total. The summed E-state index contributed by atoms with van der Waals surface area (Å²) >= 11 is 11.3. The second-order valence-electron chi connectivity index (χ2n) is 6.66. The molecule has 2 heterocycles. The van der Waals surface area contributed by atoms with Crippen molar-refractivity contribution in [3.8, 4) is 5.69 Å². The molecule has 3 rings (SSSR count). The number of aromatic nitrogens is 1. The smallest absolute Gasteiger partial charge is 0.265 e. The topological polar surface area (TPSA) is 45.6 Å². The quantitative estimate of drug-likeness (QED) is 0.438. The van der Waals surface area contributed by atoms with E-state index in [4.69, 9.17) is 23.8 Å². The Labute approximate surface area is 168 Å². The summed E-state index contributed by atoms with van der Waals surface area (Å²) in [6, 6.07) is 7.68. The number of hydrogen-bond donors (Lipinski definition) is 0. The molecule has 0 saturated carbocycles. The first-order valence-electron chi connectivity index (χ1n) is 8.40. The monoisotopic (exact) mass is 401 g/mol. The zero-order chi connectivity index (χ0) is 20.0. The van der Waals surface area contributed by atoms with Gasteiger partial charge in [-0.15, -0.1) is 0 Å². The first-order valence-corrected chi connectivity index (χ1v) is 9.19. The second kappa shape index (κ2) is 6.94. The highest BCUT2D eigenvalue weighted by Gasteiger charge is 2.35. The lowest BCUT2D eigenvalue weighted by molar-refractivity contribution is -0.132. The molecule has 2 amide bonds. The average Bonchev–Trinajstić information content (AvgIpc) is 2.91. The molecule has 0 radical (unpaired) electrons. The van der Waals surface area contributed by atoms with Crippen LogP contribution in [0.5, 0.6) is 0 Å². The second-order valence-corrected chi connectivity index (χ2v) is 7.46. The summed E-state index contributed by atoms with van der Waals surface area (Å²) in [5.74, 6) is -0.793. The van der Waals surface area contributed by atoms with E-state index in [1.165, 1.54) is 9.80 Å². The fraction of sp³-hybridized carbons (Fsp3) is 0.250. The molecule has 1 aliphatic rings. The van der Waals surface area contributed by atoms with E-state index in [1.54, 1.807) is 20.2 Å². The van der Waals surface area contributed by atoms with Gasteiger partial charge in [-0.05, 0) is 68.4 Å². The summed E-state index contributed by atoms with van der Waals surface area (Å²) in [5.41, 5.74) is 4.85. The van der Waals surface area contributed by atoms with Crippen LogP contribution in [0.2, 0.25) is 5.02 Å². The highest BCUT2D eigenvalue weighted by Crippen LogP contribution is 2.28. The first-order chi connectivity index (χ1) is 12.6. The third-order valence-corrected chi connectivity index (χ3v) is 5.61. The number of thiocarbonyl (C=S) groups is 1. The molecular formula is C20H20ClN3O2S. The standard InChI is InChI=1S/C20H20ClN3O2S/c1-11-6-7-15(21)10-17(11)24-12(2)8-14(13(24)3)9-16-18(25)22(4)20(27)23(5)19(16)26/h6-10H,1-5H3. The lowest BCUT2D eigenvalue weighted by Gasteiger charge is -2.31. The van der Waals surface area contributed by atoms with E-state index >= 15 is 0 Å². The molecule has 7 heteroatoms. The van der Waals surface area contributed by atoms with Crippen LogP contribution < -0.4 is 0 Å². The van der Waals surface area contributed by atoms with Gasteiger partial charge in [-0.2, -0.15) is 0 Å². The number of likely N-dealkylation sites (N-methyl/N-ethyl adjacent to an activating group) is 2. The van der Waals surface area contributed by atoms with Gasteiger partial charge in [-0.1, -0.05) is 17.7 Å². The summed E-state index contributed by atoms with van der Waals surface area (Å²) in [6.07, 6.45) is 1.64. The van der Waals surface area contributed by atoms with Crippen molar-refractivity contribution in [2.75, 3.05) is 14.1 Å². The number of nitrogens with zero attached hydrogens (tertiary/aromatic N) is 3. The molecule has 27 heavy (non-hydrogen) atoms. The maximum Gasteiger partial charge on any atom is 0.265 e. The van der Waals surface area contributed by atoms with E-state index < -0.39 is 11.8 Å². The lowest BCUT2D eigenvalue weighted by Crippen LogP contribution is -2.52. The molecule has 1 aromatic heterocycles. The molecule has 0 unspecified atom stereocenters. The van der Waals surface area contributed by atoms with Crippen molar-refractivity contribution < 1.29 is 9.59 Å². The fourth-order valence-corrected chi connectivity index (χ4v) is 3.59. The molecule has 0 aliphatic carbocycles. The Hall–Kier alpha value is -2.44. The number of carbonyl (C=O) groups is 2. The van der Waals surface area contributed by atoms with E-state index in [0.29, 0.717) is 5.02 Å². The Morgan fingerprint density at radius 3 is 2.19 bits per heavy atom. The number of rotatable bonds is 2. The van der Waals surface area contributed by atoms with Crippen LogP contribution >= 0.6 is 23.8 Å². The number of benzene rings is 1. The maximum atomic E-state index is 12.6. The zero-order valence-electron chi connectivity index (χ0n) is 15.8. The van der Waals surface area contributed by atoms with Crippen LogP contribution in [-0.2, 0) is 9.59 Å². The van der Waals surface area contributed by atoms with E-state index in [2.05, 4.69) is 4.57 Å². The van der Waals surface area contributed by atoms with Gasteiger partial charge in [0, 0.05) is 36.2 Å². The van der Waals surface area contributed by atoms with E-state index in [0.717, 1.165) is 28.2 Å². The van der Waals surface area contributed by atoms with Crippen LogP contribution in [0.3, 0.4) is 0 Å². The number of hydrogen-bond acceptors (Lipinski definition) is 3. The lowest BCUT2D eigenvalue weighted by atomic mass is 10.1. The van der Waals surface area contributed by atoms with Gasteiger partial charge in [-0.3, -0.25) is 19.4 Å². The third kappa shape index (κ3) is 3.19. The number of aryl methyl sites for hydroxylation is 2. The number of halogens is 1. The van der Waals surface area contributed by atoms with Gasteiger partial charge < -0.3 is 4.57 Å². The van der Waals surface area contributed by atoms with Gasteiger partial charge >= 0.3 is 0 Å². The Bertz CT molecular complexity index is 996. The Balaban J connectivity index is 2.13. The summed E-state index contributed by atoms with van der Waals surface area (Å²) < 4.78 is 2.07. The summed E-state index contributed by atoms with van der Waals surface area (Å²) in [6.45, 7) is 5.95. The molecule has 2 aromatic rings. The molecule has 1 fully saturated rings. The molecule has 1 aliphatic heterocycles. The SMILES string of the molecule is Cc1ccc(Cl)cc1-n1c(C)cc(C=C2C(=O)N(C)C(=S)N(C)C2=O)c1C. The molecule has 0 bridgehead atoms. The van der Waals surface area contributed by atoms with Crippen molar-refractivity contribution in [3.05, 3.63) is 57.4 Å². The van der Waals surface area contributed by atoms with E-state index in [-0.39, 0.29) is 10.7 Å². The van der Waals surface area contributed by atoms with Gasteiger partial charge in [-0.25, -0.2) is 0 Å². The average molecular weight is 402 g/mol. The van der Waals surface area contributed by atoms with Crippen LogP contribution in [-0.4, -0.2) is 45.4 Å². The van der Waals surface area contributed by atoms with Gasteiger partial charge in [0.25, 0.3) is 11.8 Å². The van der Waals surface area contributed by atoms with Crippen molar-refractivity contribution >= 4 is 46.8 Å². The molecule has 140 valence electrons. The maximum absolute atomic E-state index is 12.6. The number of carbonyl (C=O) groups excluding carboxylic acids is 2. The Morgan fingerprint density at radius 2 is 1.59 bits per heavy atom. The van der Waals surface area contributed by atoms with Crippen LogP contribution in [0.15, 0.2) is 29.8 Å².